The summed E-state index contributed by atoms with van der Waals surface area (Å²) in [7, 11) is 2.93. The molecule has 1 fully saturated rings. The van der Waals surface area contributed by atoms with Gasteiger partial charge in [-0.1, -0.05) is 18.2 Å². The predicted molar refractivity (Wildman–Crippen MR) is 110 cm³/mol. The number of amides is 1. The van der Waals surface area contributed by atoms with E-state index in [0.717, 1.165) is 4.57 Å². The van der Waals surface area contributed by atoms with E-state index >= 15 is 0 Å². The van der Waals surface area contributed by atoms with Gasteiger partial charge in [0.15, 0.2) is 0 Å². The molecule has 30 heavy (non-hydrogen) atoms. The fraction of sp³-hybridized carbons (Fsp3) is 0.333. The summed E-state index contributed by atoms with van der Waals surface area (Å²) in [4.78, 5) is 45.4. The Bertz CT molecular complexity index is 1240. The van der Waals surface area contributed by atoms with E-state index in [1.807, 2.05) is 6.07 Å². The van der Waals surface area contributed by atoms with Gasteiger partial charge in [-0.05, 0) is 12.1 Å². The van der Waals surface area contributed by atoms with Crippen LogP contribution in [0.1, 0.15) is 15.9 Å². The lowest BCUT2D eigenvalue weighted by Gasteiger charge is -2.34. The van der Waals surface area contributed by atoms with Gasteiger partial charge in [-0.25, -0.2) is 14.2 Å². The normalized spacial score (nSPS) is 15.0. The molecule has 0 spiro atoms. The Morgan fingerprint density at radius 3 is 2.47 bits per heavy atom. The summed E-state index contributed by atoms with van der Waals surface area (Å²) in [5, 5.41) is 0.226. The highest BCUT2D eigenvalue weighted by molar-refractivity contribution is 5.96. The largest absolute Gasteiger partial charge is 0.336 e. The quantitative estimate of drug-likeness (QED) is 0.635. The molecule has 1 aromatic carbocycles. The van der Waals surface area contributed by atoms with E-state index in [2.05, 4.69) is 9.88 Å². The molecule has 0 aliphatic carbocycles. The number of hydrogen-bond acceptors (Lipinski definition) is 5. The fourth-order valence-corrected chi connectivity index (χ4v) is 3.74. The summed E-state index contributed by atoms with van der Waals surface area (Å²) in [5.74, 6) is -0.444. The van der Waals surface area contributed by atoms with Gasteiger partial charge in [0, 0.05) is 58.6 Å². The second-order valence-corrected chi connectivity index (χ2v) is 7.46. The molecule has 0 radical (unpaired) electrons. The molecule has 3 heterocycles. The number of piperazine rings is 1. The smallest absolute Gasteiger partial charge is 0.332 e. The van der Waals surface area contributed by atoms with Crippen molar-refractivity contribution in [3.05, 3.63) is 74.3 Å². The van der Waals surface area contributed by atoms with E-state index in [4.69, 9.17) is 0 Å². The highest BCUT2D eigenvalue weighted by Crippen LogP contribution is 2.15. The van der Waals surface area contributed by atoms with Gasteiger partial charge < -0.3 is 4.90 Å². The van der Waals surface area contributed by atoms with Gasteiger partial charge in [0.1, 0.15) is 11.5 Å². The van der Waals surface area contributed by atoms with Crippen molar-refractivity contribution in [2.24, 2.45) is 14.1 Å². The van der Waals surface area contributed by atoms with Gasteiger partial charge in [0.25, 0.3) is 11.5 Å². The van der Waals surface area contributed by atoms with Crippen LogP contribution in [0.15, 0.2) is 46.1 Å². The number of hydrogen-bond donors (Lipinski definition) is 0. The number of fused-ring (bicyclic) bond motifs is 1. The lowest BCUT2D eigenvalue weighted by Crippen LogP contribution is -2.48. The summed E-state index contributed by atoms with van der Waals surface area (Å²) in [6.45, 7) is 2.73. The van der Waals surface area contributed by atoms with E-state index in [1.54, 1.807) is 17.0 Å². The SMILES string of the molecule is Cn1c(=O)c2cc(C(=O)N3CCN(Cc4ccccc4F)CC3)cnc2n(C)c1=O. The zero-order chi connectivity index (χ0) is 21.4. The minimum absolute atomic E-state index is 0.217. The first-order chi connectivity index (χ1) is 14.4. The first-order valence-corrected chi connectivity index (χ1v) is 9.67. The van der Waals surface area contributed by atoms with E-state index in [0.29, 0.717) is 43.9 Å². The van der Waals surface area contributed by atoms with Crippen molar-refractivity contribution in [1.29, 1.82) is 0 Å². The van der Waals surface area contributed by atoms with Crippen molar-refractivity contribution in [2.75, 3.05) is 26.2 Å². The lowest BCUT2D eigenvalue weighted by atomic mass is 10.1. The Morgan fingerprint density at radius 2 is 1.77 bits per heavy atom. The van der Waals surface area contributed by atoms with Crippen LogP contribution in [-0.2, 0) is 20.6 Å². The van der Waals surface area contributed by atoms with Crippen molar-refractivity contribution < 1.29 is 9.18 Å². The van der Waals surface area contributed by atoms with Crippen LogP contribution in [0.3, 0.4) is 0 Å². The molecule has 0 unspecified atom stereocenters. The lowest BCUT2D eigenvalue weighted by molar-refractivity contribution is 0.0627. The average molecular weight is 411 g/mol. The molecule has 1 aliphatic heterocycles. The number of nitrogens with zero attached hydrogens (tertiary/aromatic N) is 5. The zero-order valence-electron chi connectivity index (χ0n) is 16.8. The third-order valence-corrected chi connectivity index (χ3v) is 5.55. The first-order valence-electron chi connectivity index (χ1n) is 9.67. The van der Waals surface area contributed by atoms with Crippen LogP contribution in [0.25, 0.3) is 11.0 Å². The summed E-state index contributed by atoms with van der Waals surface area (Å²) >= 11 is 0. The van der Waals surface area contributed by atoms with Crippen molar-refractivity contribution in [1.82, 2.24) is 23.9 Å². The highest BCUT2D eigenvalue weighted by atomic mass is 19.1. The van der Waals surface area contributed by atoms with Gasteiger partial charge in [-0.15, -0.1) is 0 Å². The Hall–Kier alpha value is -3.33. The molecule has 3 aromatic rings. The van der Waals surface area contributed by atoms with E-state index in [-0.39, 0.29) is 22.8 Å². The average Bonchev–Trinajstić information content (AvgIpc) is 2.77. The molecule has 156 valence electrons. The van der Waals surface area contributed by atoms with Crippen LogP contribution in [0.2, 0.25) is 0 Å². The molecule has 0 bridgehead atoms. The van der Waals surface area contributed by atoms with Crippen LogP contribution in [0.5, 0.6) is 0 Å². The minimum atomic E-state index is -0.482. The van der Waals surface area contributed by atoms with Crippen molar-refractivity contribution in [3.8, 4) is 0 Å². The van der Waals surface area contributed by atoms with Gasteiger partial charge in [-0.3, -0.25) is 23.6 Å². The van der Waals surface area contributed by atoms with Gasteiger partial charge in [-0.2, -0.15) is 0 Å². The summed E-state index contributed by atoms with van der Waals surface area (Å²) in [6, 6.07) is 8.19. The third kappa shape index (κ3) is 3.52. The maximum atomic E-state index is 13.9. The monoisotopic (exact) mass is 411 g/mol. The minimum Gasteiger partial charge on any atom is -0.336 e. The third-order valence-electron chi connectivity index (χ3n) is 5.55. The maximum absolute atomic E-state index is 13.9. The Labute approximate surface area is 171 Å². The van der Waals surface area contributed by atoms with Crippen LogP contribution in [-0.4, -0.2) is 56.0 Å². The number of benzene rings is 1. The van der Waals surface area contributed by atoms with Crippen molar-refractivity contribution in [2.45, 2.75) is 6.54 Å². The molecule has 0 N–H and O–H groups in total. The second-order valence-electron chi connectivity index (χ2n) is 7.46. The number of aryl methyl sites for hydroxylation is 1. The van der Waals surface area contributed by atoms with E-state index < -0.39 is 11.2 Å². The Morgan fingerprint density at radius 1 is 1.07 bits per heavy atom. The summed E-state index contributed by atoms with van der Waals surface area (Å²) < 4.78 is 16.2. The Balaban J connectivity index is 1.50. The molecular weight excluding hydrogens is 389 g/mol. The molecule has 9 heteroatoms. The van der Waals surface area contributed by atoms with Crippen LogP contribution >= 0.6 is 0 Å². The van der Waals surface area contributed by atoms with Gasteiger partial charge in [0.2, 0.25) is 0 Å². The number of carbonyl (C=O) groups is 1. The summed E-state index contributed by atoms with van der Waals surface area (Å²) in [6.07, 6.45) is 1.40. The van der Waals surface area contributed by atoms with Crippen LogP contribution < -0.4 is 11.2 Å². The fourth-order valence-electron chi connectivity index (χ4n) is 3.74. The molecule has 0 saturated carbocycles. The Kier molecular flexibility index (Phi) is 5.21. The van der Waals surface area contributed by atoms with Crippen LogP contribution in [0, 0.1) is 5.82 Å². The van der Waals surface area contributed by atoms with Gasteiger partial charge >= 0.3 is 5.69 Å². The standard InChI is InChI=1S/C21H22FN5O3/c1-24-18-16(20(29)25(2)21(24)30)11-15(12-23-18)19(28)27-9-7-26(8-10-27)13-14-5-3-4-6-17(14)22/h3-6,11-12H,7-10,13H2,1-2H3. The zero-order valence-corrected chi connectivity index (χ0v) is 16.8. The molecule has 0 atom stereocenters. The second kappa shape index (κ2) is 7.83. The van der Waals surface area contributed by atoms with Gasteiger partial charge in [0.05, 0.1) is 10.9 Å². The topological polar surface area (TPSA) is 80.4 Å². The molecule has 8 nitrogen and oxygen atoms in total. The summed E-state index contributed by atoms with van der Waals surface area (Å²) in [5.41, 5.74) is 0.239. The van der Waals surface area contributed by atoms with Crippen molar-refractivity contribution in [3.63, 3.8) is 0 Å². The molecule has 1 amide bonds. The number of halogens is 1. The van der Waals surface area contributed by atoms with Crippen LogP contribution in [0.4, 0.5) is 4.39 Å². The predicted octanol–water partition coefficient (Wildman–Crippen LogP) is 0.729. The molecule has 1 saturated heterocycles. The number of rotatable bonds is 3. The first kappa shape index (κ1) is 20.0. The molecular formula is C21H22FN5O3. The molecule has 2 aromatic heterocycles. The molecule has 4 rings (SSSR count). The highest BCUT2D eigenvalue weighted by Gasteiger charge is 2.24. The van der Waals surface area contributed by atoms with E-state index in [9.17, 15) is 18.8 Å². The number of carbonyl (C=O) groups excluding carboxylic acids is 1. The maximum Gasteiger partial charge on any atom is 0.332 e. The van der Waals surface area contributed by atoms with E-state index in [1.165, 1.54) is 37.0 Å². The number of aromatic nitrogens is 3. The van der Waals surface area contributed by atoms with Crippen molar-refractivity contribution >= 4 is 16.9 Å². The number of pyridine rings is 1. The molecule has 1 aliphatic rings.